The molecular formula is C15H15F3N4O. The Hall–Kier alpha value is -2.64. The van der Waals surface area contributed by atoms with Gasteiger partial charge in [0.05, 0.1) is 5.56 Å². The SMILES string of the molecule is CC(C)Nc1cc(C(=O)Nc2cccc(C(F)(F)F)c2)ncn1. The highest BCUT2D eigenvalue weighted by molar-refractivity contribution is 6.03. The molecule has 8 heteroatoms. The third-order valence-corrected chi connectivity index (χ3v) is 2.78. The van der Waals surface area contributed by atoms with Crippen molar-refractivity contribution < 1.29 is 18.0 Å². The van der Waals surface area contributed by atoms with Crippen LogP contribution in [0.4, 0.5) is 24.7 Å². The number of nitrogens with one attached hydrogen (secondary N) is 2. The van der Waals surface area contributed by atoms with Crippen LogP contribution in [0.1, 0.15) is 29.9 Å². The molecule has 0 fully saturated rings. The van der Waals surface area contributed by atoms with Crippen molar-refractivity contribution in [1.29, 1.82) is 0 Å². The molecule has 23 heavy (non-hydrogen) atoms. The van der Waals surface area contributed by atoms with Gasteiger partial charge in [0, 0.05) is 17.8 Å². The molecule has 0 aliphatic heterocycles. The summed E-state index contributed by atoms with van der Waals surface area (Å²) >= 11 is 0. The number of aromatic nitrogens is 2. The minimum Gasteiger partial charge on any atom is -0.368 e. The zero-order chi connectivity index (χ0) is 17.0. The van der Waals surface area contributed by atoms with E-state index < -0.39 is 17.6 Å². The van der Waals surface area contributed by atoms with Crippen molar-refractivity contribution in [3.05, 3.63) is 47.9 Å². The minimum atomic E-state index is -4.47. The van der Waals surface area contributed by atoms with E-state index in [4.69, 9.17) is 0 Å². The first-order valence-corrected chi connectivity index (χ1v) is 6.83. The van der Waals surface area contributed by atoms with Crippen molar-refractivity contribution in [2.75, 3.05) is 10.6 Å². The van der Waals surface area contributed by atoms with E-state index in [-0.39, 0.29) is 17.4 Å². The molecule has 0 spiro atoms. The van der Waals surface area contributed by atoms with Gasteiger partial charge in [0.2, 0.25) is 0 Å². The Bertz CT molecular complexity index is 701. The highest BCUT2D eigenvalue weighted by Crippen LogP contribution is 2.30. The second kappa shape index (κ2) is 6.64. The third kappa shape index (κ3) is 4.67. The summed E-state index contributed by atoms with van der Waals surface area (Å²) in [6.45, 7) is 3.81. The van der Waals surface area contributed by atoms with Crippen LogP contribution in [0.2, 0.25) is 0 Å². The maximum atomic E-state index is 12.7. The highest BCUT2D eigenvalue weighted by Gasteiger charge is 2.30. The fourth-order valence-corrected chi connectivity index (χ4v) is 1.82. The molecule has 1 aromatic carbocycles. The van der Waals surface area contributed by atoms with E-state index in [2.05, 4.69) is 20.6 Å². The van der Waals surface area contributed by atoms with Gasteiger partial charge in [-0.2, -0.15) is 13.2 Å². The lowest BCUT2D eigenvalue weighted by molar-refractivity contribution is -0.137. The quantitative estimate of drug-likeness (QED) is 0.902. The van der Waals surface area contributed by atoms with Gasteiger partial charge in [0.15, 0.2) is 0 Å². The Morgan fingerprint density at radius 1 is 1.17 bits per heavy atom. The topological polar surface area (TPSA) is 66.9 Å². The molecule has 2 aromatic rings. The number of carbonyl (C=O) groups is 1. The Labute approximate surface area is 131 Å². The fourth-order valence-electron chi connectivity index (χ4n) is 1.82. The average Bonchev–Trinajstić information content (AvgIpc) is 2.46. The number of carbonyl (C=O) groups excluding carboxylic acids is 1. The normalized spacial score (nSPS) is 11.4. The molecule has 0 aliphatic rings. The molecule has 0 saturated heterocycles. The highest BCUT2D eigenvalue weighted by atomic mass is 19.4. The molecule has 0 bridgehead atoms. The van der Waals surface area contributed by atoms with Crippen LogP contribution in [0.25, 0.3) is 0 Å². The summed E-state index contributed by atoms with van der Waals surface area (Å²) in [6, 6.07) is 5.95. The van der Waals surface area contributed by atoms with Crippen molar-refractivity contribution >= 4 is 17.4 Å². The molecule has 0 radical (unpaired) electrons. The van der Waals surface area contributed by atoms with Crippen LogP contribution >= 0.6 is 0 Å². The summed E-state index contributed by atoms with van der Waals surface area (Å²) in [5.41, 5.74) is -0.734. The second-order valence-electron chi connectivity index (χ2n) is 5.12. The molecule has 2 N–H and O–H groups in total. The van der Waals surface area contributed by atoms with Gasteiger partial charge >= 0.3 is 6.18 Å². The number of alkyl halides is 3. The third-order valence-electron chi connectivity index (χ3n) is 2.78. The smallest absolute Gasteiger partial charge is 0.368 e. The van der Waals surface area contributed by atoms with Gasteiger partial charge in [-0.05, 0) is 32.0 Å². The number of amides is 1. The Kier molecular flexibility index (Phi) is 4.83. The summed E-state index contributed by atoms with van der Waals surface area (Å²) < 4.78 is 38.0. The first-order chi connectivity index (χ1) is 10.8. The van der Waals surface area contributed by atoms with Crippen LogP contribution in [0.15, 0.2) is 36.7 Å². The van der Waals surface area contributed by atoms with Crippen molar-refractivity contribution in [1.82, 2.24) is 9.97 Å². The molecule has 0 unspecified atom stereocenters. The predicted molar refractivity (Wildman–Crippen MR) is 80.2 cm³/mol. The molecule has 1 aromatic heterocycles. The van der Waals surface area contributed by atoms with E-state index in [1.54, 1.807) is 0 Å². The molecule has 5 nitrogen and oxygen atoms in total. The van der Waals surface area contributed by atoms with Crippen LogP contribution in [0.5, 0.6) is 0 Å². The molecule has 0 atom stereocenters. The van der Waals surface area contributed by atoms with Crippen LogP contribution < -0.4 is 10.6 Å². The van der Waals surface area contributed by atoms with Gasteiger partial charge in [-0.1, -0.05) is 6.07 Å². The van der Waals surface area contributed by atoms with Gasteiger partial charge in [-0.3, -0.25) is 4.79 Å². The zero-order valence-electron chi connectivity index (χ0n) is 12.5. The van der Waals surface area contributed by atoms with E-state index in [1.165, 1.54) is 24.5 Å². The van der Waals surface area contributed by atoms with Gasteiger partial charge in [0.25, 0.3) is 5.91 Å². The number of hydrogen-bond donors (Lipinski definition) is 2. The standard InChI is InChI=1S/C15H15F3N4O/c1-9(2)21-13-7-12(19-8-20-13)14(23)22-11-5-3-4-10(6-11)15(16,17)18/h3-9H,1-2H3,(H,22,23)(H,19,20,21). The molecule has 0 saturated carbocycles. The van der Waals surface area contributed by atoms with Crippen LogP contribution in [0, 0.1) is 0 Å². The van der Waals surface area contributed by atoms with Gasteiger partial charge in [-0.25, -0.2) is 9.97 Å². The monoisotopic (exact) mass is 324 g/mol. The summed E-state index contributed by atoms with van der Waals surface area (Å²) in [6.07, 6.45) is -3.25. The number of halogens is 3. The molecule has 122 valence electrons. The molecular weight excluding hydrogens is 309 g/mol. The lowest BCUT2D eigenvalue weighted by Crippen LogP contribution is -2.17. The maximum absolute atomic E-state index is 12.7. The van der Waals surface area contributed by atoms with E-state index in [1.807, 2.05) is 13.8 Å². The van der Waals surface area contributed by atoms with Gasteiger partial charge in [0.1, 0.15) is 17.8 Å². The van der Waals surface area contributed by atoms with Crippen molar-refractivity contribution in [3.8, 4) is 0 Å². The molecule has 2 rings (SSSR count). The lowest BCUT2D eigenvalue weighted by Gasteiger charge is -2.11. The van der Waals surface area contributed by atoms with Crippen LogP contribution in [-0.4, -0.2) is 21.9 Å². The number of nitrogens with zero attached hydrogens (tertiary/aromatic N) is 2. The number of rotatable bonds is 4. The Balaban J connectivity index is 2.16. The van der Waals surface area contributed by atoms with Gasteiger partial charge in [-0.15, -0.1) is 0 Å². The number of hydrogen-bond acceptors (Lipinski definition) is 4. The summed E-state index contributed by atoms with van der Waals surface area (Å²) in [5.74, 6) is -0.150. The predicted octanol–water partition coefficient (Wildman–Crippen LogP) is 3.57. The summed E-state index contributed by atoms with van der Waals surface area (Å²) in [4.78, 5) is 19.9. The first-order valence-electron chi connectivity index (χ1n) is 6.83. The minimum absolute atomic E-state index is 0.0433. The van der Waals surface area contributed by atoms with Crippen LogP contribution in [-0.2, 0) is 6.18 Å². The summed E-state index contributed by atoms with van der Waals surface area (Å²) in [7, 11) is 0. The van der Waals surface area contributed by atoms with Crippen molar-refractivity contribution in [3.63, 3.8) is 0 Å². The second-order valence-corrected chi connectivity index (χ2v) is 5.12. The van der Waals surface area contributed by atoms with Crippen LogP contribution in [0.3, 0.4) is 0 Å². The summed E-state index contributed by atoms with van der Waals surface area (Å²) in [5, 5.41) is 5.41. The van der Waals surface area contributed by atoms with E-state index >= 15 is 0 Å². The maximum Gasteiger partial charge on any atom is 0.416 e. The van der Waals surface area contributed by atoms with Gasteiger partial charge < -0.3 is 10.6 Å². The van der Waals surface area contributed by atoms with Crippen molar-refractivity contribution in [2.24, 2.45) is 0 Å². The molecule has 1 heterocycles. The largest absolute Gasteiger partial charge is 0.416 e. The molecule has 0 aliphatic carbocycles. The Morgan fingerprint density at radius 2 is 1.91 bits per heavy atom. The van der Waals surface area contributed by atoms with E-state index in [0.29, 0.717) is 5.82 Å². The average molecular weight is 324 g/mol. The van der Waals surface area contributed by atoms with Crippen molar-refractivity contribution in [2.45, 2.75) is 26.1 Å². The number of benzene rings is 1. The first kappa shape index (κ1) is 16.7. The Morgan fingerprint density at radius 3 is 2.57 bits per heavy atom. The molecule has 1 amide bonds. The van der Waals surface area contributed by atoms with E-state index in [0.717, 1.165) is 12.1 Å². The van der Waals surface area contributed by atoms with E-state index in [9.17, 15) is 18.0 Å². The lowest BCUT2D eigenvalue weighted by atomic mass is 10.2. The fraction of sp³-hybridized carbons (Fsp3) is 0.267. The number of anilines is 2. The zero-order valence-corrected chi connectivity index (χ0v) is 12.5.